The van der Waals surface area contributed by atoms with Gasteiger partial charge in [0.25, 0.3) is 5.91 Å². The van der Waals surface area contributed by atoms with Crippen LogP contribution in [-0.4, -0.2) is 38.9 Å². The fourth-order valence-electron chi connectivity index (χ4n) is 4.19. The number of hydrogen-bond donors (Lipinski definition) is 1. The zero-order valence-electron chi connectivity index (χ0n) is 17.9. The van der Waals surface area contributed by atoms with E-state index in [0.29, 0.717) is 28.7 Å². The van der Waals surface area contributed by atoms with Gasteiger partial charge in [-0.1, -0.05) is 0 Å². The molecule has 0 saturated heterocycles. The van der Waals surface area contributed by atoms with Gasteiger partial charge < -0.3 is 28.8 Å². The molecule has 7 heteroatoms. The van der Waals surface area contributed by atoms with Gasteiger partial charge in [0.1, 0.15) is 17.2 Å². The Hall–Kier alpha value is -3.35. The molecule has 1 aliphatic carbocycles. The van der Waals surface area contributed by atoms with Crippen molar-refractivity contribution in [1.82, 2.24) is 9.88 Å². The first-order valence-electron chi connectivity index (χ1n) is 9.77. The second-order valence-electron chi connectivity index (χ2n) is 7.32. The summed E-state index contributed by atoms with van der Waals surface area (Å²) < 4.78 is 23.6. The first-order valence-corrected chi connectivity index (χ1v) is 9.77. The highest BCUT2D eigenvalue weighted by atomic mass is 16.5. The van der Waals surface area contributed by atoms with Gasteiger partial charge in [-0.2, -0.15) is 0 Å². The predicted molar refractivity (Wildman–Crippen MR) is 114 cm³/mol. The van der Waals surface area contributed by atoms with Gasteiger partial charge in [-0.3, -0.25) is 4.79 Å². The molecule has 0 fully saturated rings. The van der Waals surface area contributed by atoms with Crippen molar-refractivity contribution in [2.45, 2.75) is 18.9 Å². The summed E-state index contributed by atoms with van der Waals surface area (Å²) in [5, 5.41) is 4.04. The van der Waals surface area contributed by atoms with Crippen molar-refractivity contribution in [3.63, 3.8) is 0 Å². The quantitative estimate of drug-likeness (QED) is 0.672. The number of carbonyl (C=O) groups is 1. The molecule has 1 aromatic heterocycles. The number of ether oxygens (including phenoxy) is 4. The number of aryl methyl sites for hydroxylation is 2. The van der Waals surface area contributed by atoms with E-state index in [1.807, 2.05) is 41.9 Å². The van der Waals surface area contributed by atoms with Crippen molar-refractivity contribution in [2.75, 3.05) is 28.4 Å². The number of fused-ring (bicyclic) bond motifs is 2. The molecule has 1 N–H and O–H groups in total. The second-order valence-corrected chi connectivity index (χ2v) is 7.32. The molecule has 1 aliphatic rings. The van der Waals surface area contributed by atoms with Crippen LogP contribution in [0.4, 0.5) is 0 Å². The summed E-state index contributed by atoms with van der Waals surface area (Å²) in [7, 11) is 8.33. The van der Waals surface area contributed by atoms with E-state index in [1.165, 1.54) is 5.56 Å². The maximum atomic E-state index is 13.2. The molecule has 0 saturated carbocycles. The number of nitrogens with zero attached hydrogens (tertiary/aromatic N) is 1. The Balaban J connectivity index is 1.66. The topological polar surface area (TPSA) is 71.0 Å². The number of methoxy groups -OCH3 is 4. The number of hydrogen-bond acceptors (Lipinski definition) is 5. The molecule has 158 valence electrons. The highest BCUT2D eigenvalue weighted by Crippen LogP contribution is 2.39. The number of nitrogens with one attached hydrogen (secondary N) is 1. The Labute approximate surface area is 175 Å². The van der Waals surface area contributed by atoms with Crippen LogP contribution in [0.25, 0.3) is 10.9 Å². The minimum atomic E-state index is -0.137. The molecule has 0 spiro atoms. The lowest BCUT2D eigenvalue weighted by molar-refractivity contribution is 0.0929. The third kappa shape index (κ3) is 3.20. The molecule has 0 radical (unpaired) electrons. The summed E-state index contributed by atoms with van der Waals surface area (Å²) in [4.78, 5) is 13.2. The number of amides is 1. The fourth-order valence-corrected chi connectivity index (χ4v) is 4.19. The standard InChI is InChI=1S/C23H26N2O5/c1-25-18-9-14(27-2)10-20(28-3)16(18)11-19(25)23(26)24-17-7-6-13-8-21(29-4)22(30-5)12-15(13)17/h8-12,17H,6-7H2,1-5H3,(H,24,26)/t17-/m1/s1. The van der Waals surface area contributed by atoms with Crippen molar-refractivity contribution in [2.24, 2.45) is 7.05 Å². The molecule has 1 amide bonds. The summed E-state index contributed by atoms with van der Waals surface area (Å²) in [5.74, 6) is 2.58. The fraction of sp³-hybridized carbons (Fsp3) is 0.348. The van der Waals surface area contributed by atoms with Crippen molar-refractivity contribution in [3.05, 3.63) is 47.2 Å². The van der Waals surface area contributed by atoms with Crippen LogP contribution in [-0.2, 0) is 13.5 Å². The van der Waals surface area contributed by atoms with Gasteiger partial charge in [0.15, 0.2) is 11.5 Å². The molecule has 0 bridgehead atoms. The van der Waals surface area contributed by atoms with E-state index >= 15 is 0 Å². The minimum Gasteiger partial charge on any atom is -0.497 e. The number of rotatable bonds is 6. The molecule has 0 unspecified atom stereocenters. The van der Waals surface area contributed by atoms with E-state index in [9.17, 15) is 4.79 Å². The van der Waals surface area contributed by atoms with E-state index in [-0.39, 0.29) is 11.9 Å². The minimum absolute atomic E-state index is 0.0817. The zero-order valence-corrected chi connectivity index (χ0v) is 17.9. The molecule has 1 heterocycles. The van der Waals surface area contributed by atoms with E-state index in [2.05, 4.69) is 5.32 Å². The van der Waals surface area contributed by atoms with E-state index in [0.717, 1.165) is 29.3 Å². The second kappa shape index (κ2) is 7.82. The van der Waals surface area contributed by atoms with E-state index < -0.39 is 0 Å². The monoisotopic (exact) mass is 410 g/mol. The van der Waals surface area contributed by atoms with Crippen LogP contribution in [0.1, 0.15) is 34.1 Å². The lowest BCUT2D eigenvalue weighted by atomic mass is 10.1. The molecule has 2 aromatic carbocycles. The normalized spacial score (nSPS) is 15.0. The van der Waals surface area contributed by atoms with Crippen LogP contribution in [0.3, 0.4) is 0 Å². The van der Waals surface area contributed by atoms with Crippen LogP contribution in [0.15, 0.2) is 30.3 Å². The molecular formula is C23H26N2O5. The Morgan fingerprint density at radius 2 is 1.63 bits per heavy atom. The van der Waals surface area contributed by atoms with Crippen molar-refractivity contribution < 1.29 is 23.7 Å². The molecule has 0 aliphatic heterocycles. The Morgan fingerprint density at radius 1 is 0.933 bits per heavy atom. The first kappa shape index (κ1) is 19.9. The third-order valence-electron chi connectivity index (χ3n) is 5.81. The van der Waals surface area contributed by atoms with Crippen molar-refractivity contribution in [1.29, 1.82) is 0 Å². The highest BCUT2D eigenvalue weighted by Gasteiger charge is 2.28. The summed E-state index contributed by atoms with van der Waals surface area (Å²) in [6.07, 6.45) is 1.71. The number of benzene rings is 2. The van der Waals surface area contributed by atoms with Gasteiger partial charge in [0.2, 0.25) is 0 Å². The molecular weight excluding hydrogens is 384 g/mol. The summed E-state index contributed by atoms with van der Waals surface area (Å²) in [5.41, 5.74) is 3.67. The smallest absolute Gasteiger partial charge is 0.268 e. The predicted octanol–water partition coefficient (Wildman–Crippen LogP) is 3.63. The summed E-state index contributed by atoms with van der Waals surface area (Å²) >= 11 is 0. The maximum absolute atomic E-state index is 13.2. The van der Waals surface area contributed by atoms with E-state index in [1.54, 1.807) is 28.4 Å². The highest BCUT2D eigenvalue weighted by molar-refractivity contribution is 6.01. The molecule has 7 nitrogen and oxygen atoms in total. The van der Waals surface area contributed by atoms with Crippen molar-refractivity contribution >= 4 is 16.8 Å². The first-order chi connectivity index (χ1) is 14.5. The lowest BCUT2D eigenvalue weighted by Gasteiger charge is -2.16. The average molecular weight is 410 g/mol. The summed E-state index contributed by atoms with van der Waals surface area (Å²) in [6, 6.07) is 9.44. The molecule has 4 rings (SSSR count). The SMILES string of the molecule is COc1cc(OC)c2cc(C(=O)N[C@@H]3CCc4cc(OC)c(OC)cc43)n(C)c2c1. The largest absolute Gasteiger partial charge is 0.497 e. The number of aromatic nitrogens is 1. The third-order valence-corrected chi connectivity index (χ3v) is 5.81. The number of carbonyl (C=O) groups excluding carboxylic acids is 1. The lowest BCUT2D eigenvalue weighted by Crippen LogP contribution is -2.28. The summed E-state index contributed by atoms with van der Waals surface area (Å²) in [6.45, 7) is 0. The molecule has 1 atom stereocenters. The molecule has 30 heavy (non-hydrogen) atoms. The maximum Gasteiger partial charge on any atom is 0.268 e. The van der Waals surface area contributed by atoms with Crippen LogP contribution >= 0.6 is 0 Å². The Morgan fingerprint density at radius 3 is 2.30 bits per heavy atom. The Bertz CT molecular complexity index is 1120. The Kier molecular flexibility index (Phi) is 5.20. The zero-order chi connectivity index (χ0) is 21.4. The average Bonchev–Trinajstić information content (AvgIpc) is 3.32. The van der Waals surface area contributed by atoms with Crippen molar-refractivity contribution in [3.8, 4) is 23.0 Å². The van der Waals surface area contributed by atoms with Gasteiger partial charge in [-0.15, -0.1) is 0 Å². The van der Waals surface area contributed by atoms with Gasteiger partial charge in [0, 0.05) is 24.6 Å². The van der Waals surface area contributed by atoms with Gasteiger partial charge >= 0.3 is 0 Å². The van der Waals surface area contributed by atoms with E-state index in [4.69, 9.17) is 18.9 Å². The van der Waals surface area contributed by atoms with Crippen LogP contribution in [0, 0.1) is 0 Å². The molecule has 3 aromatic rings. The van der Waals surface area contributed by atoms with Gasteiger partial charge in [0.05, 0.1) is 40.0 Å². The van der Waals surface area contributed by atoms with Gasteiger partial charge in [-0.25, -0.2) is 0 Å². The van der Waals surface area contributed by atoms with Crippen LogP contribution in [0.2, 0.25) is 0 Å². The van der Waals surface area contributed by atoms with Gasteiger partial charge in [-0.05, 0) is 42.2 Å². The van der Waals surface area contributed by atoms with Crippen LogP contribution in [0.5, 0.6) is 23.0 Å². The van der Waals surface area contributed by atoms with Crippen LogP contribution < -0.4 is 24.3 Å².